The molecule has 0 saturated carbocycles. The number of carbonyl (C=O) groups is 1. The highest BCUT2D eigenvalue weighted by Gasteiger charge is 2.26. The first-order valence-electron chi connectivity index (χ1n) is 5.96. The Labute approximate surface area is 109 Å². The Bertz CT molecular complexity index is 657. The summed E-state index contributed by atoms with van der Waals surface area (Å²) in [4.78, 5) is 17.7. The number of nitrogen functional groups attached to an aromatic ring is 1. The fraction of sp³-hybridized carbons (Fsp3) is 0.143. The van der Waals surface area contributed by atoms with Crippen LogP contribution in [0.25, 0.3) is 0 Å². The first-order valence-corrected chi connectivity index (χ1v) is 5.96. The fourth-order valence-electron chi connectivity index (χ4n) is 2.36. The second-order valence-electron chi connectivity index (χ2n) is 4.44. The van der Waals surface area contributed by atoms with Crippen LogP contribution in [-0.2, 0) is 6.42 Å². The van der Waals surface area contributed by atoms with Crippen molar-refractivity contribution in [3.63, 3.8) is 0 Å². The van der Waals surface area contributed by atoms with Gasteiger partial charge >= 0.3 is 0 Å². The lowest BCUT2D eigenvalue weighted by Gasteiger charge is -2.17. The summed E-state index contributed by atoms with van der Waals surface area (Å²) in [5, 5.41) is 0. The summed E-state index contributed by atoms with van der Waals surface area (Å²) in [7, 11) is 0. The molecule has 4 nitrogen and oxygen atoms in total. The molecule has 0 spiro atoms. The van der Waals surface area contributed by atoms with Crippen molar-refractivity contribution in [1.29, 1.82) is 0 Å². The number of carbonyl (C=O) groups excluding carboxylic acids is 1. The highest BCUT2D eigenvalue weighted by atomic mass is 19.1. The second-order valence-corrected chi connectivity index (χ2v) is 4.44. The van der Waals surface area contributed by atoms with Gasteiger partial charge in [-0.1, -0.05) is 6.07 Å². The molecule has 1 aromatic heterocycles. The lowest BCUT2D eigenvalue weighted by molar-refractivity contribution is 0.0988. The summed E-state index contributed by atoms with van der Waals surface area (Å²) >= 11 is 0. The zero-order valence-electron chi connectivity index (χ0n) is 10.1. The van der Waals surface area contributed by atoms with Gasteiger partial charge in [-0.25, -0.2) is 4.39 Å². The van der Waals surface area contributed by atoms with Gasteiger partial charge in [0.2, 0.25) is 0 Å². The number of benzene rings is 1. The molecular formula is C14H12FN3O. The Morgan fingerprint density at radius 1 is 1.37 bits per heavy atom. The van der Waals surface area contributed by atoms with Crippen LogP contribution in [0.4, 0.5) is 15.8 Å². The minimum absolute atomic E-state index is 0.246. The molecule has 0 bridgehead atoms. The monoisotopic (exact) mass is 257 g/mol. The largest absolute Gasteiger partial charge is 0.398 e. The van der Waals surface area contributed by atoms with Gasteiger partial charge in [0.25, 0.3) is 5.91 Å². The third-order valence-corrected chi connectivity index (χ3v) is 3.26. The van der Waals surface area contributed by atoms with E-state index in [1.165, 1.54) is 12.3 Å². The minimum Gasteiger partial charge on any atom is -0.398 e. The van der Waals surface area contributed by atoms with Gasteiger partial charge in [0.05, 0.1) is 11.8 Å². The number of nitrogens with two attached hydrogens (primary N) is 1. The van der Waals surface area contributed by atoms with Gasteiger partial charge in [-0.2, -0.15) is 0 Å². The van der Waals surface area contributed by atoms with E-state index in [1.54, 1.807) is 4.90 Å². The molecule has 2 heterocycles. The molecule has 1 aliphatic rings. The number of hydrogen-bond donors (Lipinski definition) is 1. The average molecular weight is 257 g/mol. The minimum atomic E-state index is -0.516. The average Bonchev–Trinajstić information content (AvgIpc) is 2.83. The van der Waals surface area contributed by atoms with Crippen molar-refractivity contribution in [2.45, 2.75) is 6.42 Å². The molecule has 96 valence electrons. The van der Waals surface area contributed by atoms with E-state index in [4.69, 9.17) is 5.73 Å². The maximum Gasteiger partial charge on any atom is 0.259 e. The van der Waals surface area contributed by atoms with Crippen LogP contribution in [0.2, 0.25) is 0 Å². The van der Waals surface area contributed by atoms with Crippen LogP contribution in [-0.4, -0.2) is 17.4 Å². The fourth-order valence-corrected chi connectivity index (χ4v) is 2.36. The molecule has 0 aliphatic carbocycles. The van der Waals surface area contributed by atoms with E-state index < -0.39 is 5.82 Å². The summed E-state index contributed by atoms with van der Waals surface area (Å²) in [6, 6.07) is 6.67. The molecular weight excluding hydrogens is 245 g/mol. The number of hydrogen-bond acceptors (Lipinski definition) is 3. The van der Waals surface area contributed by atoms with Gasteiger partial charge < -0.3 is 10.6 Å². The first-order chi connectivity index (χ1) is 9.16. The molecule has 5 heteroatoms. The van der Waals surface area contributed by atoms with Crippen molar-refractivity contribution in [2.75, 3.05) is 17.2 Å². The van der Waals surface area contributed by atoms with Crippen molar-refractivity contribution >= 4 is 17.3 Å². The molecule has 19 heavy (non-hydrogen) atoms. The Kier molecular flexibility index (Phi) is 2.67. The number of anilines is 2. The first kappa shape index (κ1) is 11.6. The SMILES string of the molecule is Nc1cccc2c1CCN2C(=O)c1cncc(F)c1. The molecule has 2 N–H and O–H groups in total. The summed E-state index contributed by atoms with van der Waals surface area (Å²) in [5.74, 6) is -0.769. The molecule has 0 unspecified atom stereocenters. The van der Waals surface area contributed by atoms with Crippen LogP contribution >= 0.6 is 0 Å². The maximum atomic E-state index is 13.1. The Morgan fingerprint density at radius 2 is 2.21 bits per heavy atom. The maximum absolute atomic E-state index is 13.1. The number of rotatable bonds is 1. The third-order valence-electron chi connectivity index (χ3n) is 3.26. The molecule has 3 rings (SSSR count). The summed E-state index contributed by atoms with van der Waals surface area (Å²) in [6.45, 7) is 0.554. The zero-order chi connectivity index (χ0) is 13.4. The van der Waals surface area contributed by atoms with Gasteiger partial charge in [-0.3, -0.25) is 9.78 Å². The van der Waals surface area contributed by atoms with Crippen LogP contribution in [0.5, 0.6) is 0 Å². The van der Waals surface area contributed by atoms with Gasteiger partial charge in [0.1, 0.15) is 5.82 Å². The molecule has 0 saturated heterocycles. The van der Waals surface area contributed by atoms with Crippen molar-refractivity contribution in [3.05, 3.63) is 53.6 Å². The van der Waals surface area contributed by atoms with Crippen LogP contribution in [0.3, 0.4) is 0 Å². The third kappa shape index (κ3) is 1.93. The normalized spacial score (nSPS) is 13.4. The number of fused-ring (bicyclic) bond motifs is 1. The van der Waals surface area contributed by atoms with Gasteiger partial charge in [0.15, 0.2) is 0 Å². The molecule has 1 aliphatic heterocycles. The highest BCUT2D eigenvalue weighted by Crippen LogP contribution is 2.32. The van der Waals surface area contributed by atoms with Crippen molar-refractivity contribution < 1.29 is 9.18 Å². The van der Waals surface area contributed by atoms with E-state index in [0.717, 1.165) is 23.9 Å². The molecule has 0 fully saturated rings. The van der Waals surface area contributed by atoms with E-state index in [1.807, 2.05) is 18.2 Å². The topological polar surface area (TPSA) is 59.2 Å². The van der Waals surface area contributed by atoms with Crippen LogP contribution < -0.4 is 10.6 Å². The Morgan fingerprint density at radius 3 is 3.00 bits per heavy atom. The van der Waals surface area contributed by atoms with E-state index in [0.29, 0.717) is 12.2 Å². The van der Waals surface area contributed by atoms with E-state index in [2.05, 4.69) is 4.98 Å². The predicted molar refractivity (Wildman–Crippen MR) is 70.4 cm³/mol. The Balaban J connectivity index is 1.98. The van der Waals surface area contributed by atoms with Gasteiger partial charge in [-0.15, -0.1) is 0 Å². The lowest BCUT2D eigenvalue weighted by Crippen LogP contribution is -2.29. The van der Waals surface area contributed by atoms with E-state index >= 15 is 0 Å². The quantitative estimate of drug-likeness (QED) is 0.795. The molecule has 1 aromatic carbocycles. The zero-order valence-corrected chi connectivity index (χ0v) is 10.1. The van der Waals surface area contributed by atoms with E-state index in [9.17, 15) is 9.18 Å². The number of amides is 1. The van der Waals surface area contributed by atoms with Crippen molar-refractivity contribution in [2.24, 2.45) is 0 Å². The second kappa shape index (κ2) is 4.35. The summed E-state index contributed by atoms with van der Waals surface area (Å²) in [5.41, 5.74) is 8.59. The number of pyridine rings is 1. The van der Waals surface area contributed by atoms with Crippen molar-refractivity contribution in [1.82, 2.24) is 4.98 Å². The summed E-state index contributed by atoms with van der Waals surface area (Å²) in [6.07, 6.45) is 3.17. The molecule has 2 aromatic rings. The lowest BCUT2D eigenvalue weighted by atomic mass is 10.1. The smallest absolute Gasteiger partial charge is 0.259 e. The van der Waals surface area contributed by atoms with Gasteiger partial charge in [0, 0.05) is 29.7 Å². The van der Waals surface area contributed by atoms with E-state index in [-0.39, 0.29) is 11.5 Å². The number of halogens is 1. The molecule has 1 amide bonds. The predicted octanol–water partition coefficient (Wildman–Crippen LogP) is 2.01. The molecule has 0 atom stereocenters. The molecule has 0 radical (unpaired) electrons. The standard InChI is InChI=1S/C14H12FN3O/c15-10-6-9(7-17-8-10)14(19)18-5-4-11-12(16)2-1-3-13(11)18/h1-3,6-8H,4-5,16H2. The van der Waals surface area contributed by atoms with Crippen LogP contribution in [0.15, 0.2) is 36.7 Å². The number of aromatic nitrogens is 1. The van der Waals surface area contributed by atoms with Crippen LogP contribution in [0, 0.1) is 5.82 Å². The van der Waals surface area contributed by atoms with Crippen molar-refractivity contribution in [3.8, 4) is 0 Å². The highest BCUT2D eigenvalue weighted by molar-refractivity contribution is 6.07. The number of nitrogens with zero attached hydrogens (tertiary/aromatic N) is 2. The summed E-state index contributed by atoms with van der Waals surface area (Å²) < 4.78 is 13.1. The van der Waals surface area contributed by atoms with Gasteiger partial charge in [-0.05, 0) is 24.6 Å². The van der Waals surface area contributed by atoms with Crippen LogP contribution in [0.1, 0.15) is 15.9 Å². The Hall–Kier alpha value is -2.43.